The third-order valence-corrected chi connectivity index (χ3v) is 4.18. The van der Waals surface area contributed by atoms with Crippen LogP contribution in [0.4, 0.5) is 4.39 Å². The van der Waals surface area contributed by atoms with Crippen LogP contribution in [-0.4, -0.2) is 18.9 Å². The highest BCUT2D eigenvalue weighted by Crippen LogP contribution is 2.23. The van der Waals surface area contributed by atoms with Gasteiger partial charge in [-0.2, -0.15) is 0 Å². The number of carbonyl (C=O) groups is 2. The van der Waals surface area contributed by atoms with E-state index in [9.17, 15) is 14.0 Å². The van der Waals surface area contributed by atoms with Crippen molar-refractivity contribution in [2.24, 2.45) is 0 Å². The maximum atomic E-state index is 13.7. The first kappa shape index (κ1) is 14.9. The average molecular weight is 357 g/mol. The maximum absolute atomic E-state index is 13.7. The lowest BCUT2D eigenvalue weighted by molar-refractivity contribution is -0.139. The SMILES string of the molecule is COC(=O)Cc1ccc(C(=O)c2ccc(Br)cc2F)s1. The number of rotatable bonds is 4. The lowest BCUT2D eigenvalue weighted by atomic mass is 10.1. The smallest absolute Gasteiger partial charge is 0.310 e. The van der Waals surface area contributed by atoms with E-state index in [2.05, 4.69) is 20.7 Å². The first-order chi connectivity index (χ1) is 9.51. The van der Waals surface area contributed by atoms with E-state index in [4.69, 9.17) is 0 Å². The van der Waals surface area contributed by atoms with Crippen molar-refractivity contribution < 1.29 is 18.7 Å². The molecule has 0 saturated carbocycles. The van der Waals surface area contributed by atoms with Crippen LogP contribution in [-0.2, 0) is 16.0 Å². The monoisotopic (exact) mass is 356 g/mol. The highest BCUT2D eigenvalue weighted by atomic mass is 79.9. The van der Waals surface area contributed by atoms with E-state index in [1.54, 1.807) is 18.2 Å². The molecule has 2 aromatic rings. The van der Waals surface area contributed by atoms with Gasteiger partial charge in [-0.3, -0.25) is 9.59 Å². The molecular weight excluding hydrogens is 347 g/mol. The lowest BCUT2D eigenvalue weighted by Gasteiger charge is -2.01. The fourth-order valence-corrected chi connectivity index (χ4v) is 2.90. The molecule has 20 heavy (non-hydrogen) atoms. The zero-order valence-corrected chi connectivity index (χ0v) is 12.9. The topological polar surface area (TPSA) is 43.4 Å². The van der Waals surface area contributed by atoms with Gasteiger partial charge in [0.25, 0.3) is 0 Å². The minimum Gasteiger partial charge on any atom is -0.469 e. The zero-order chi connectivity index (χ0) is 14.7. The molecule has 104 valence electrons. The van der Waals surface area contributed by atoms with E-state index in [0.717, 1.165) is 11.3 Å². The van der Waals surface area contributed by atoms with Gasteiger partial charge in [-0.25, -0.2) is 4.39 Å². The Balaban J connectivity index is 2.23. The average Bonchev–Trinajstić information content (AvgIpc) is 2.86. The normalized spacial score (nSPS) is 10.3. The Labute approximate surface area is 127 Å². The lowest BCUT2D eigenvalue weighted by Crippen LogP contribution is -2.03. The summed E-state index contributed by atoms with van der Waals surface area (Å²) in [5, 5.41) is 0. The van der Waals surface area contributed by atoms with Crippen molar-refractivity contribution in [3.8, 4) is 0 Å². The number of thiophene rings is 1. The zero-order valence-electron chi connectivity index (χ0n) is 10.5. The Morgan fingerprint density at radius 1 is 1.30 bits per heavy atom. The van der Waals surface area contributed by atoms with Crippen molar-refractivity contribution in [1.29, 1.82) is 0 Å². The molecule has 1 heterocycles. The van der Waals surface area contributed by atoms with Crippen molar-refractivity contribution in [3.05, 3.63) is 55.9 Å². The van der Waals surface area contributed by atoms with Gasteiger partial charge in [0.05, 0.1) is 24.0 Å². The largest absolute Gasteiger partial charge is 0.469 e. The van der Waals surface area contributed by atoms with Crippen LogP contribution in [0.15, 0.2) is 34.8 Å². The highest BCUT2D eigenvalue weighted by molar-refractivity contribution is 9.10. The summed E-state index contributed by atoms with van der Waals surface area (Å²) in [5.74, 6) is -1.34. The number of esters is 1. The number of ether oxygens (including phenoxy) is 1. The molecule has 1 aromatic heterocycles. The van der Waals surface area contributed by atoms with Gasteiger partial charge in [0, 0.05) is 9.35 Å². The summed E-state index contributed by atoms with van der Waals surface area (Å²) in [6, 6.07) is 7.55. The third kappa shape index (κ3) is 3.32. The molecule has 0 atom stereocenters. The number of halogens is 2. The highest BCUT2D eigenvalue weighted by Gasteiger charge is 2.17. The van der Waals surface area contributed by atoms with Crippen LogP contribution in [0.25, 0.3) is 0 Å². The van der Waals surface area contributed by atoms with E-state index in [1.807, 2.05) is 0 Å². The van der Waals surface area contributed by atoms with E-state index < -0.39 is 11.6 Å². The van der Waals surface area contributed by atoms with Gasteiger partial charge in [-0.05, 0) is 30.3 Å². The number of hydrogen-bond acceptors (Lipinski definition) is 4. The molecule has 0 fully saturated rings. The van der Waals surface area contributed by atoms with Crippen LogP contribution in [0, 0.1) is 5.82 Å². The molecule has 3 nitrogen and oxygen atoms in total. The molecule has 6 heteroatoms. The van der Waals surface area contributed by atoms with E-state index >= 15 is 0 Å². The van der Waals surface area contributed by atoms with Gasteiger partial charge >= 0.3 is 5.97 Å². The molecule has 0 unspecified atom stereocenters. The van der Waals surface area contributed by atoms with Gasteiger partial charge in [0.2, 0.25) is 5.78 Å². The number of methoxy groups -OCH3 is 1. The quantitative estimate of drug-likeness (QED) is 0.620. The predicted octanol–water partition coefficient (Wildman–Crippen LogP) is 3.60. The number of carbonyl (C=O) groups excluding carboxylic acids is 2. The van der Waals surface area contributed by atoms with Gasteiger partial charge < -0.3 is 4.74 Å². The molecule has 2 rings (SSSR count). The van der Waals surface area contributed by atoms with Crippen molar-refractivity contribution in [3.63, 3.8) is 0 Å². The molecule has 0 amide bonds. The summed E-state index contributed by atoms with van der Waals surface area (Å²) in [5.41, 5.74) is 0.0136. The fourth-order valence-electron chi connectivity index (χ4n) is 1.62. The summed E-state index contributed by atoms with van der Waals surface area (Å²) in [7, 11) is 1.30. The van der Waals surface area contributed by atoms with Crippen molar-refractivity contribution in [1.82, 2.24) is 0 Å². The van der Waals surface area contributed by atoms with Crippen LogP contribution >= 0.6 is 27.3 Å². The summed E-state index contributed by atoms with van der Waals surface area (Å²) < 4.78 is 18.9. The molecule has 0 aliphatic carbocycles. The van der Waals surface area contributed by atoms with Gasteiger partial charge in [0.15, 0.2) is 0 Å². The second-order valence-corrected chi connectivity index (χ2v) is 6.06. The molecular formula is C14H10BrFO3S. The van der Waals surface area contributed by atoms with Crippen molar-refractivity contribution in [2.45, 2.75) is 6.42 Å². The van der Waals surface area contributed by atoms with Gasteiger partial charge in [-0.1, -0.05) is 15.9 Å². The summed E-state index contributed by atoms with van der Waals surface area (Å²) in [6.07, 6.45) is 0.108. The Morgan fingerprint density at radius 3 is 2.70 bits per heavy atom. The summed E-state index contributed by atoms with van der Waals surface area (Å²) in [4.78, 5) is 24.4. The molecule has 1 aromatic carbocycles. The molecule has 0 radical (unpaired) electrons. The number of hydrogen-bond donors (Lipinski definition) is 0. The molecule has 0 aliphatic heterocycles. The molecule has 0 spiro atoms. The third-order valence-electron chi connectivity index (χ3n) is 2.61. The van der Waals surface area contributed by atoms with Crippen LogP contribution in [0.3, 0.4) is 0 Å². The second kappa shape index (κ2) is 6.28. The molecule has 0 N–H and O–H groups in total. The maximum Gasteiger partial charge on any atom is 0.310 e. The van der Waals surface area contributed by atoms with Crippen molar-refractivity contribution in [2.75, 3.05) is 7.11 Å². The summed E-state index contributed by atoms with van der Waals surface area (Å²) >= 11 is 4.30. The van der Waals surface area contributed by atoms with E-state index in [1.165, 1.54) is 19.2 Å². The van der Waals surface area contributed by atoms with Gasteiger partial charge in [-0.15, -0.1) is 11.3 Å². The first-order valence-corrected chi connectivity index (χ1v) is 7.27. The van der Waals surface area contributed by atoms with Crippen LogP contribution in [0.2, 0.25) is 0 Å². The first-order valence-electron chi connectivity index (χ1n) is 5.66. The summed E-state index contributed by atoms with van der Waals surface area (Å²) in [6.45, 7) is 0. The Kier molecular flexibility index (Phi) is 4.67. The van der Waals surface area contributed by atoms with Crippen LogP contribution in [0.1, 0.15) is 20.1 Å². The second-order valence-electron chi connectivity index (χ2n) is 3.97. The van der Waals surface area contributed by atoms with Crippen LogP contribution in [0.5, 0.6) is 0 Å². The minimum atomic E-state index is -0.577. The Morgan fingerprint density at radius 2 is 2.05 bits per heavy atom. The molecule has 0 aliphatic rings. The molecule has 0 bridgehead atoms. The van der Waals surface area contributed by atoms with E-state index in [0.29, 0.717) is 14.2 Å². The van der Waals surface area contributed by atoms with Gasteiger partial charge in [0.1, 0.15) is 5.82 Å². The standard InChI is InChI=1S/C14H10BrFO3S/c1-19-13(17)7-9-3-5-12(20-9)14(18)10-4-2-8(15)6-11(10)16/h2-6H,7H2,1H3. The van der Waals surface area contributed by atoms with Crippen LogP contribution < -0.4 is 0 Å². The Hall–Kier alpha value is -1.53. The van der Waals surface area contributed by atoms with Crippen molar-refractivity contribution >= 4 is 39.0 Å². The fraction of sp³-hybridized carbons (Fsp3) is 0.143. The predicted molar refractivity (Wildman–Crippen MR) is 77.6 cm³/mol. The minimum absolute atomic E-state index is 0.0136. The number of benzene rings is 1. The van der Waals surface area contributed by atoms with E-state index in [-0.39, 0.29) is 18.0 Å². The molecule has 0 saturated heterocycles. The Bertz CT molecular complexity index is 666. The number of ketones is 1.